The third-order valence-electron chi connectivity index (χ3n) is 4.01. The Labute approximate surface area is 134 Å². The molecule has 0 aliphatic carbocycles. The highest BCUT2D eigenvalue weighted by Gasteiger charge is 2.30. The van der Waals surface area contributed by atoms with Crippen molar-refractivity contribution in [1.29, 1.82) is 5.26 Å². The largest absolute Gasteiger partial charge is 0.322 e. The van der Waals surface area contributed by atoms with Crippen molar-refractivity contribution in [1.82, 2.24) is 4.90 Å². The first-order valence-corrected chi connectivity index (χ1v) is 8.25. The summed E-state index contributed by atoms with van der Waals surface area (Å²) in [6.45, 7) is 2.85. The van der Waals surface area contributed by atoms with Crippen LogP contribution in [0.25, 0.3) is 0 Å². The van der Waals surface area contributed by atoms with Crippen LogP contribution in [0.4, 0.5) is 10.5 Å². The molecule has 1 aliphatic rings. The summed E-state index contributed by atoms with van der Waals surface area (Å²) in [5.74, 6) is 0. The lowest BCUT2D eigenvalue weighted by Gasteiger charge is -2.35. The number of hydrogen-bond donors (Lipinski definition) is 1. The molecule has 22 heavy (non-hydrogen) atoms. The number of anilines is 1. The lowest BCUT2D eigenvalue weighted by Crippen LogP contribution is -2.41. The molecule has 0 saturated carbocycles. The number of rotatable bonds is 2. The minimum Gasteiger partial charge on any atom is -0.317 e. The number of benzene rings is 1. The standard InChI is InChI=1S/C17H17N3OS/c1-2-15-14-8-10-22-16(14)7-9-20(15)17(21)19-13-5-3-12(11-18)4-6-13/h3-6,8,10,15H,2,7,9H2,1H3,(H,19,21). The van der Waals surface area contributed by atoms with Gasteiger partial charge in [-0.2, -0.15) is 5.26 Å². The molecule has 0 fully saturated rings. The second kappa shape index (κ2) is 6.20. The molecule has 1 aromatic heterocycles. The molecular formula is C17H17N3OS. The van der Waals surface area contributed by atoms with Gasteiger partial charge in [-0.05, 0) is 54.1 Å². The van der Waals surface area contributed by atoms with E-state index < -0.39 is 0 Å². The van der Waals surface area contributed by atoms with Crippen LogP contribution in [0.2, 0.25) is 0 Å². The Morgan fingerprint density at radius 1 is 1.41 bits per heavy atom. The number of thiophene rings is 1. The predicted molar refractivity (Wildman–Crippen MR) is 87.9 cm³/mol. The maximum absolute atomic E-state index is 12.6. The summed E-state index contributed by atoms with van der Waals surface area (Å²) in [6, 6.07) is 11.2. The van der Waals surface area contributed by atoms with Crippen LogP contribution >= 0.6 is 11.3 Å². The van der Waals surface area contributed by atoms with Crippen molar-refractivity contribution >= 4 is 23.1 Å². The molecule has 0 radical (unpaired) electrons. The van der Waals surface area contributed by atoms with Crippen LogP contribution in [0.1, 0.15) is 35.4 Å². The SMILES string of the molecule is CCC1c2ccsc2CCN1C(=O)Nc1ccc(C#N)cc1. The van der Waals surface area contributed by atoms with Crippen molar-refractivity contribution in [3.8, 4) is 6.07 Å². The number of nitrogens with one attached hydrogen (secondary N) is 1. The average molecular weight is 311 g/mol. The number of carbonyl (C=O) groups excluding carboxylic acids is 1. The highest BCUT2D eigenvalue weighted by atomic mass is 32.1. The first-order chi connectivity index (χ1) is 10.7. The second-order valence-electron chi connectivity index (χ2n) is 5.29. The molecule has 2 aromatic rings. The predicted octanol–water partition coefficient (Wildman–Crippen LogP) is 4.16. The maximum atomic E-state index is 12.6. The minimum atomic E-state index is -0.0755. The van der Waals surface area contributed by atoms with Crippen molar-refractivity contribution in [2.24, 2.45) is 0 Å². The average Bonchev–Trinajstić information content (AvgIpc) is 3.03. The van der Waals surface area contributed by atoms with Gasteiger partial charge in [-0.25, -0.2) is 4.79 Å². The Hall–Kier alpha value is -2.32. The van der Waals surface area contributed by atoms with Gasteiger partial charge in [0.15, 0.2) is 0 Å². The van der Waals surface area contributed by atoms with Gasteiger partial charge in [0.1, 0.15) is 0 Å². The zero-order valence-corrected chi connectivity index (χ0v) is 13.2. The molecule has 1 unspecified atom stereocenters. The van der Waals surface area contributed by atoms with Gasteiger partial charge in [0.2, 0.25) is 0 Å². The van der Waals surface area contributed by atoms with Crippen molar-refractivity contribution in [2.45, 2.75) is 25.8 Å². The first-order valence-electron chi connectivity index (χ1n) is 7.37. The van der Waals surface area contributed by atoms with Gasteiger partial charge in [-0.1, -0.05) is 6.92 Å². The van der Waals surface area contributed by atoms with Crippen molar-refractivity contribution in [2.75, 3.05) is 11.9 Å². The molecule has 112 valence electrons. The Bertz CT molecular complexity index is 714. The van der Waals surface area contributed by atoms with E-state index in [2.05, 4.69) is 29.8 Å². The number of fused-ring (bicyclic) bond motifs is 1. The smallest absolute Gasteiger partial charge is 0.317 e. The summed E-state index contributed by atoms with van der Waals surface area (Å²) in [6.07, 6.45) is 1.83. The summed E-state index contributed by atoms with van der Waals surface area (Å²) in [5.41, 5.74) is 2.59. The van der Waals surface area contributed by atoms with E-state index in [4.69, 9.17) is 5.26 Å². The lowest BCUT2D eigenvalue weighted by molar-refractivity contribution is 0.181. The molecule has 1 atom stereocenters. The molecular weight excluding hydrogens is 294 g/mol. The maximum Gasteiger partial charge on any atom is 0.322 e. The number of nitrogens with zero attached hydrogens (tertiary/aromatic N) is 2. The van der Waals surface area contributed by atoms with E-state index in [-0.39, 0.29) is 12.1 Å². The number of hydrogen-bond acceptors (Lipinski definition) is 3. The van der Waals surface area contributed by atoms with Crippen LogP contribution in [0.3, 0.4) is 0 Å². The fourth-order valence-electron chi connectivity index (χ4n) is 2.90. The van der Waals surface area contributed by atoms with Gasteiger partial charge in [-0.3, -0.25) is 0 Å². The highest BCUT2D eigenvalue weighted by molar-refractivity contribution is 7.10. The van der Waals surface area contributed by atoms with E-state index in [9.17, 15) is 4.79 Å². The quantitative estimate of drug-likeness (QED) is 0.905. The number of carbonyl (C=O) groups is 1. The summed E-state index contributed by atoms with van der Waals surface area (Å²) < 4.78 is 0. The molecule has 1 aliphatic heterocycles. The van der Waals surface area contributed by atoms with Gasteiger partial charge in [0.25, 0.3) is 0 Å². The molecule has 3 rings (SSSR count). The lowest BCUT2D eigenvalue weighted by atomic mass is 9.98. The van der Waals surface area contributed by atoms with Crippen LogP contribution < -0.4 is 5.32 Å². The topological polar surface area (TPSA) is 56.1 Å². The van der Waals surface area contributed by atoms with Crippen molar-refractivity contribution in [3.63, 3.8) is 0 Å². The van der Waals surface area contributed by atoms with E-state index in [1.165, 1.54) is 10.4 Å². The number of urea groups is 1. The third kappa shape index (κ3) is 2.70. The molecule has 1 N–H and O–H groups in total. The molecule has 5 heteroatoms. The summed E-state index contributed by atoms with van der Waals surface area (Å²) in [5, 5.41) is 13.8. The van der Waals surface area contributed by atoms with E-state index in [0.717, 1.165) is 25.1 Å². The van der Waals surface area contributed by atoms with Gasteiger partial charge in [-0.15, -0.1) is 11.3 Å². The fourth-order valence-corrected chi connectivity index (χ4v) is 3.83. The van der Waals surface area contributed by atoms with Crippen LogP contribution in [-0.2, 0) is 6.42 Å². The van der Waals surface area contributed by atoms with E-state index in [1.807, 2.05) is 4.90 Å². The number of nitriles is 1. The molecule has 0 spiro atoms. The van der Waals surface area contributed by atoms with Gasteiger partial charge >= 0.3 is 6.03 Å². The molecule has 0 saturated heterocycles. The van der Waals surface area contributed by atoms with Crippen LogP contribution in [0.15, 0.2) is 35.7 Å². The van der Waals surface area contributed by atoms with Crippen molar-refractivity contribution in [3.05, 3.63) is 51.7 Å². The Morgan fingerprint density at radius 3 is 2.86 bits per heavy atom. The summed E-state index contributed by atoms with van der Waals surface area (Å²) in [4.78, 5) is 15.9. The van der Waals surface area contributed by atoms with Crippen LogP contribution in [0.5, 0.6) is 0 Å². The van der Waals surface area contributed by atoms with E-state index >= 15 is 0 Å². The molecule has 4 nitrogen and oxygen atoms in total. The normalized spacial score (nSPS) is 16.7. The zero-order chi connectivity index (χ0) is 15.5. The first kappa shape index (κ1) is 14.6. The second-order valence-corrected chi connectivity index (χ2v) is 6.29. The Kier molecular flexibility index (Phi) is 4.12. The zero-order valence-electron chi connectivity index (χ0n) is 12.4. The molecule has 2 heterocycles. The molecule has 1 aromatic carbocycles. The van der Waals surface area contributed by atoms with Gasteiger partial charge in [0.05, 0.1) is 17.7 Å². The van der Waals surface area contributed by atoms with E-state index in [1.54, 1.807) is 35.6 Å². The summed E-state index contributed by atoms with van der Waals surface area (Å²) >= 11 is 1.78. The Balaban J connectivity index is 1.76. The fraction of sp³-hybridized carbons (Fsp3) is 0.294. The number of amides is 2. The minimum absolute atomic E-state index is 0.0755. The van der Waals surface area contributed by atoms with Crippen LogP contribution in [0, 0.1) is 11.3 Å². The van der Waals surface area contributed by atoms with Crippen LogP contribution in [-0.4, -0.2) is 17.5 Å². The van der Waals surface area contributed by atoms with Gasteiger partial charge < -0.3 is 10.2 Å². The van der Waals surface area contributed by atoms with Gasteiger partial charge in [0, 0.05) is 17.1 Å². The van der Waals surface area contributed by atoms with Crippen molar-refractivity contribution < 1.29 is 4.79 Å². The Morgan fingerprint density at radius 2 is 2.18 bits per heavy atom. The molecule has 2 amide bonds. The summed E-state index contributed by atoms with van der Waals surface area (Å²) in [7, 11) is 0. The highest BCUT2D eigenvalue weighted by Crippen LogP contribution is 2.35. The van der Waals surface area contributed by atoms with E-state index in [0.29, 0.717) is 5.56 Å². The monoisotopic (exact) mass is 311 g/mol. The third-order valence-corrected chi connectivity index (χ3v) is 5.00. The molecule has 0 bridgehead atoms.